The Bertz CT molecular complexity index is 376. The molecule has 1 saturated heterocycles. The van der Waals surface area contributed by atoms with E-state index in [1.54, 1.807) is 7.11 Å². The summed E-state index contributed by atoms with van der Waals surface area (Å²) in [7, 11) is 1.63. The smallest absolute Gasteiger partial charge is 0.243 e. The highest BCUT2D eigenvalue weighted by molar-refractivity contribution is 4.95. The van der Waals surface area contributed by atoms with Crippen molar-refractivity contribution in [2.45, 2.75) is 39.8 Å². The number of aromatic nitrogens is 2. The highest BCUT2D eigenvalue weighted by Gasteiger charge is 2.34. The standard InChI is InChI=1S/C12H21N3O2/c1-9(15-6-5-12(2,3)8-15)11-13-10(7-16-4)14-17-11/h9H,5-8H2,1-4H3. The third kappa shape index (κ3) is 2.84. The molecule has 1 aromatic heterocycles. The molecule has 1 fully saturated rings. The van der Waals surface area contributed by atoms with Crippen LogP contribution in [0.2, 0.25) is 0 Å². The summed E-state index contributed by atoms with van der Waals surface area (Å²) >= 11 is 0. The van der Waals surface area contributed by atoms with Crippen LogP contribution in [0.5, 0.6) is 0 Å². The number of nitrogens with zero attached hydrogens (tertiary/aromatic N) is 3. The molecule has 1 atom stereocenters. The van der Waals surface area contributed by atoms with E-state index in [1.807, 2.05) is 0 Å². The summed E-state index contributed by atoms with van der Waals surface area (Å²) in [5.74, 6) is 1.31. The first kappa shape index (κ1) is 12.5. The van der Waals surface area contributed by atoms with Crippen LogP contribution in [0.25, 0.3) is 0 Å². The second-order valence-corrected chi connectivity index (χ2v) is 5.54. The van der Waals surface area contributed by atoms with Crippen LogP contribution in [0, 0.1) is 5.41 Å². The molecule has 1 aliphatic heterocycles. The zero-order valence-corrected chi connectivity index (χ0v) is 11.1. The summed E-state index contributed by atoms with van der Waals surface area (Å²) in [5.41, 5.74) is 0.393. The van der Waals surface area contributed by atoms with Crippen molar-refractivity contribution in [2.24, 2.45) is 5.41 Å². The molecular formula is C12H21N3O2. The maximum atomic E-state index is 5.28. The monoisotopic (exact) mass is 239 g/mol. The number of ether oxygens (including phenoxy) is 1. The molecule has 0 N–H and O–H groups in total. The van der Waals surface area contributed by atoms with Crippen molar-refractivity contribution >= 4 is 0 Å². The van der Waals surface area contributed by atoms with E-state index >= 15 is 0 Å². The second kappa shape index (κ2) is 4.74. The van der Waals surface area contributed by atoms with Gasteiger partial charge in [0.15, 0.2) is 5.82 Å². The van der Waals surface area contributed by atoms with Gasteiger partial charge in [0, 0.05) is 13.7 Å². The number of likely N-dealkylation sites (tertiary alicyclic amines) is 1. The second-order valence-electron chi connectivity index (χ2n) is 5.54. The topological polar surface area (TPSA) is 51.4 Å². The van der Waals surface area contributed by atoms with Crippen LogP contribution < -0.4 is 0 Å². The number of rotatable bonds is 4. The molecule has 1 aromatic rings. The number of methoxy groups -OCH3 is 1. The fourth-order valence-electron chi connectivity index (χ4n) is 2.27. The molecule has 5 heteroatoms. The Morgan fingerprint density at radius 1 is 1.53 bits per heavy atom. The van der Waals surface area contributed by atoms with Gasteiger partial charge in [-0.15, -0.1) is 0 Å². The van der Waals surface area contributed by atoms with Gasteiger partial charge in [-0.25, -0.2) is 0 Å². The molecule has 0 radical (unpaired) electrons. The number of hydrogen-bond acceptors (Lipinski definition) is 5. The van der Waals surface area contributed by atoms with Crippen molar-refractivity contribution in [3.63, 3.8) is 0 Å². The molecule has 0 spiro atoms. The lowest BCUT2D eigenvalue weighted by atomic mass is 9.93. The molecule has 0 amide bonds. The zero-order chi connectivity index (χ0) is 12.5. The van der Waals surface area contributed by atoms with Gasteiger partial charge in [0.1, 0.15) is 6.61 Å². The average molecular weight is 239 g/mol. The fraction of sp³-hybridized carbons (Fsp3) is 0.833. The lowest BCUT2D eigenvalue weighted by Crippen LogP contribution is -2.26. The zero-order valence-electron chi connectivity index (χ0n) is 11.1. The van der Waals surface area contributed by atoms with E-state index in [1.165, 1.54) is 6.42 Å². The first-order valence-corrected chi connectivity index (χ1v) is 6.07. The molecule has 0 saturated carbocycles. The summed E-state index contributed by atoms with van der Waals surface area (Å²) < 4.78 is 10.3. The van der Waals surface area contributed by atoms with Crippen molar-refractivity contribution in [1.82, 2.24) is 15.0 Å². The predicted octanol–water partition coefficient (Wildman–Crippen LogP) is 2.01. The Kier molecular flexibility index (Phi) is 3.49. The average Bonchev–Trinajstić information content (AvgIpc) is 2.85. The maximum Gasteiger partial charge on any atom is 0.243 e. The minimum absolute atomic E-state index is 0.190. The van der Waals surface area contributed by atoms with E-state index in [4.69, 9.17) is 9.26 Å². The maximum absolute atomic E-state index is 5.28. The SMILES string of the molecule is COCc1noc(C(C)N2CCC(C)(C)C2)n1. The van der Waals surface area contributed by atoms with E-state index in [0.717, 1.165) is 13.1 Å². The van der Waals surface area contributed by atoms with E-state index in [-0.39, 0.29) is 6.04 Å². The molecule has 1 unspecified atom stereocenters. The van der Waals surface area contributed by atoms with Crippen molar-refractivity contribution in [2.75, 3.05) is 20.2 Å². The molecule has 5 nitrogen and oxygen atoms in total. The van der Waals surface area contributed by atoms with Crippen LogP contribution in [0.4, 0.5) is 0 Å². The summed E-state index contributed by atoms with van der Waals surface area (Å²) in [6, 6.07) is 0.190. The molecule has 0 aliphatic carbocycles. The third-order valence-electron chi connectivity index (χ3n) is 3.37. The Balaban J connectivity index is 2.01. The molecule has 0 aromatic carbocycles. The van der Waals surface area contributed by atoms with Crippen molar-refractivity contribution < 1.29 is 9.26 Å². The van der Waals surface area contributed by atoms with Gasteiger partial charge in [0.05, 0.1) is 6.04 Å². The molecule has 96 valence electrons. The molecule has 2 heterocycles. The highest BCUT2D eigenvalue weighted by atomic mass is 16.5. The predicted molar refractivity (Wildman–Crippen MR) is 63.4 cm³/mol. The molecule has 17 heavy (non-hydrogen) atoms. The van der Waals surface area contributed by atoms with Gasteiger partial charge in [-0.3, -0.25) is 4.90 Å². The lowest BCUT2D eigenvalue weighted by molar-refractivity contribution is 0.173. The Morgan fingerprint density at radius 2 is 2.29 bits per heavy atom. The van der Waals surface area contributed by atoms with Crippen molar-refractivity contribution in [1.29, 1.82) is 0 Å². The van der Waals surface area contributed by atoms with Gasteiger partial charge < -0.3 is 9.26 Å². The van der Waals surface area contributed by atoms with Crippen molar-refractivity contribution in [3.8, 4) is 0 Å². The first-order valence-electron chi connectivity index (χ1n) is 6.07. The lowest BCUT2D eigenvalue weighted by Gasteiger charge is -2.23. The summed E-state index contributed by atoms with van der Waals surface area (Å²) in [5, 5.41) is 3.90. The van der Waals surface area contributed by atoms with Crippen LogP contribution in [0.15, 0.2) is 4.52 Å². The van der Waals surface area contributed by atoms with E-state index in [0.29, 0.717) is 23.7 Å². The fourth-order valence-corrected chi connectivity index (χ4v) is 2.27. The highest BCUT2D eigenvalue weighted by Crippen LogP contribution is 2.33. The first-order chi connectivity index (χ1) is 8.02. The molecule has 0 bridgehead atoms. The van der Waals surface area contributed by atoms with E-state index in [2.05, 4.69) is 35.8 Å². The summed E-state index contributed by atoms with van der Waals surface area (Å²) in [6.07, 6.45) is 1.22. The minimum atomic E-state index is 0.190. The van der Waals surface area contributed by atoms with Crippen LogP contribution in [0.3, 0.4) is 0 Å². The summed E-state index contributed by atoms with van der Waals surface area (Å²) in [6.45, 7) is 9.29. The van der Waals surface area contributed by atoms with Gasteiger partial charge in [0.25, 0.3) is 0 Å². The normalized spacial score (nSPS) is 21.9. The Labute approximate surface area is 102 Å². The molecule has 1 aliphatic rings. The minimum Gasteiger partial charge on any atom is -0.377 e. The summed E-state index contributed by atoms with van der Waals surface area (Å²) in [4.78, 5) is 6.74. The number of hydrogen-bond donors (Lipinski definition) is 0. The van der Waals surface area contributed by atoms with Crippen LogP contribution in [-0.2, 0) is 11.3 Å². The van der Waals surface area contributed by atoms with Crippen LogP contribution in [0.1, 0.15) is 44.9 Å². The van der Waals surface area contributed by atoms with Crippen LogP contribution >= 0.6 is 0 Å². The largest absolute Gasteiger partial charge is 0.377 e. The van der Waals surface area contributed by atoms with Gasteiger partial charge in [-0.05, 0) is 25.3 Å². The van der Waals surface area contributed by atoms with Crippen molar-refractivity contribution in [3.05, 3.63) is 11.7 Å². The van der Waals surface area contributed by atoms with Gasteiger partial charge >= 0.3 is 0 Å². The quantitative estimate of drug-likeness (QED) is 0.804. The van der Waals surface area contributed by atoms with E-state index < -0.39 is 0 Å². The van der Waals surface area contributed by atoms with Crippen LogP contribution in [-0.4, -0.2) is 35.2 Å². The molecule has 2 rings (SSSR count). The van der Waals surface area contributed by atoms with Gasteiger partial charge in [0.2, 0.25) is 5.89 Å². The Hall–Kier alpha value is -0.940. The molecular weight excluding hydrogens is 218 g/mol. The third-order valence-corrected chi connectivity index (χ3v) is 3.37. The Morgan fingerprint density at radius 3 is 2.88 bits per heavy atom. The van der Waals surface area contributed by atoms with Gasteiger partial charge in [-0.2, -0.15) is 4.98 Å². The van der Waals surface area contributed by atoms with Gasteiger partial charge in [-0.1, -0.05) is 19.0 Å². The van der Waals surface area contributed by atoms with E-state index in [9.17, 15) is 0 Å².